The molecule has 0 saturated carbocycles. The van der Waals surface area contributed by atoms with Gasteiger partial charge in [0, 0.05) is 44.5 Å². The van der Waals surface area contributed by atoms with Crippen molar-refractivity contribution in [3.8, 4) is 44.5 Å². The summed E-state index contributed by atoms with van der Waals surface area (Å²) in [6.07, 6.45) is 4.90. The Bertz CT molecular complexity index is 1790. The van der Waals surface area contributed by atoms with Crippen molar-refractivity contribution in [3.05, 3.63) is 128 Å². The van der Waals surface area contributed by atoms with Crippen molar-refractivity contribution in [2.75, 3.05) is 0 Å². The van der Waals surface area contributed by atoms with Crippen molar-refractivity contribution in [2.24, 2.45) is 0 Å². The van der Waals surface area contributed by atoms with Crippen LogP contribution in [0.25, 0.3) is 44.5 Å². The average Bonchev–Trinajstić information content (AvgIpc) is 3.13. The van der Waals surface area contributed by atoms with Crippen LogP contribution in [0.3, 0.4) is 0 Å². The first-order valence-electron chi connectivity index (χ1n) is 14.6. The van der Waals surface area contributed by atoms with E-state index in [9.17, 15) is 38.4 Å². The van der Waals surface area contributed by atoms with Crippen molar-refractivity contribution in [1.29, 1.82) is 0 Å². The van der Waals surface area contributed by atoms with Gasteiger partial charge in [-0.05, 0) is 142 Å². The molecule has 48 heavy (non-hydrogen) atoms. The molecular formula is C40H26O8. The maximum Gasteiger partial charge on any atom is 0.150 e. The Morgan fingerprint density at radius 2 is 0.417 bits per heavy atom. The van der Waals surface area contributed by atoms with Crippen LogP contribution in [0, 0.1) is 13.8 Å². The van der Waals surface area contributed by atoms with E-state index in [2.05, 4.69) is 0 Å². The van der Waals surface area contributed by atoms with Crippen LogP contribution >= 0.6 is 0 Å². The standard InChI is InChI=1S/C40H26O8/c1-23-37(33-7-25(15-41)3-26(8-33)16-42)39(35-11-29(19-45)5-30(12-35)20-46)24(2)40(36-13-31(21-47)6-32(14-36)22-48)38(23)34-9-27(17-43)4-28(10-34)18-44/h3-22H,1-2H3. The van der Waals surface area contributed by atoms with Crippen LogP contribution in [0.5, 0.6) is 0 Å². The smallest absolute Gasteiger partial charge is 0.150 e. The number of hydrogen-bond donors (Lipinski definition) is 0. The molecule has 0 fully saturated rings. The summed E-state index contributed by atoms with van der Waals surface area (Å²) in [7, 11) is 0. The molecule has 0 spiro atoms. The predicted molar refractivity (Wildman–Crippen MR) is 181 cm³/mol. The lowest BCUT2D eigenvalue weighted by Gasteiger charge is -2.26. The number of benzene rings is 5. The fourth-order valence-electron chi connectivity index (χ4n) is 6.27. The molecule has 8 heteroatoms. The molecule has 0 atom stereocenters. The van der Waals surface area contributed by atoms with Crippen LogP contribution in [-0.2, 0) is 0 Å². The van der Waals surface area contributed by atoms with Crippen molar-refractivity contribution in [1.82, 2.24) is 0 Å². The van der Waals surface area contributed by atoms with Crippen molar-refractivity contribution in [3.63, 3.8) is 0 Å². The van der Waals surface area contributed by atoms with E-state index in [-0.39, 0.29) is 44.5 Å². The Morgan fingerprint density at radius 1 is 0.271 bits per heavy atom. The van der Waals surface area contributed by atoms with Crippen molar-refractivity contribution >= 4 is 50.3 Å². The monoisotopic (exact) mass is 634 g/mol. The minimum Gasteiger partial charge on any atom is -0.298 e. The van der Waals surface area contributed by atoms with Gasteiger partial charge in [-0.15, -0.1) is 0 Å². The van der Waals surface area contributed by atoms with E-state index >= 15 is 0 Å². The van der Waals surface area contributed by atoms with E-state index in [0.717, 1.165) is 0 Å². The molecule has 0 unspecified atom stereocenters. The summed E-state index contributed by atoms with van der Waals surface area (Å²) in [5.41, 5.74) is 6.89. The summed E-state index contributed by atoms with van der Waals surface area (Å²) in [6, 6.07) is 18.6. The Balaban J connectivity index is 2.11. The van der Waals surface area contributed by atoms with Crippen LogP contribution in [0.4, 0.5) is 0 Å². The maximum absolute atomic E-state index is 12.0. The first-order valence-corrected chi connectivity index (χ1v) is 14.6. The molecular weight excluding hydrogens is 608 g/mol. The molecule has 0 amide bonds. The van der Waals surface area contributed by atoms with Gasteiger partial charge in [0.15, 0.2) is 0 Å². The summed E-state index contributed by atoms with van der Waals surface area (Å²) in [6.45, 7) is 3.57. The topological polar surface area (TPSA) is 137 Å². The normalized spacial score (nSPS) is 10.5. The minimum atomic E-state index is 0.221. The average molecular weight is 635 g/mol. The quantitative estimate of drug-likeness (QED) is 0.129. The highest BCUT2D eigenvalue weighted by Crippen LogP contribution is 2.49. The zero-order chi connectivity index (χ0) is 34.5. The van der Waals surface area contributed by atoms with Gasteiger partial charge in [-0.2, -0.15) is 0 Å². The third-order valence-corrected chi connectivity index (χ3v) is 8.15. The molecule has 8 nitrogen and oxygen atoms in total. The van der Waals surface area contributed by atoms with Crippen molar-refractivity contribution in [2.45, 2.75) is 13.8 Å². The van der Waals surface area contributed by atoms with E-state index in [1.54, 1.807) is 62.4 Å². The highest BCUT2D eigenvalue weighted by Gasteiger charge is 2.26. The molecule has 0 radical (unpaired) electrons. The largest absolute Gasteiger partial charge is 0.298 e. The van der Waals surface area contributed by atoms with Gasteiger partial charge in [-0.1, -0.05) is 0 Å². The zero-order valence-corrected chi connectivity index (χ0v) is 25.8. The Hall–Kier alpha value is -6.54. The van der Waals surface area contributed by atoms with Gasteiger partial charge in [0.25, 0.3) is 0 Å². The highest BCUT2D eigenvalue weighted by atomic mass is 16.1. The molecule has 0 aliphatic rings. The second-order valence-electron chi connectivity index (χ2n) is 11.2. The first kappa shape index (κ1) is 32.8. The maximum atomic E-state index is 12.0. The van der Waals surface area contributed by atoms with Crippen molar-refractivity contribution < 1.29 is 38.4 Å². The second-order valence-corrected chi connectivity index (χ2v) is 11.2. The molecule has 0 aromatic heterocycles. The summed E-state index contributed by atoms with van der Waals surface area (Å²) in [5, 5.41) is 0. The minimum absolute atomic E-state index is 0.221. The summed E-state index contributed by atoms with van der Waals surface area (Å²) >= 11 is 0. The van der Waals surface area contributed by atoms with Gasteiger partial charge in [-0.3, -0.25) is 38.4 Å². The van der Waals surface area contributed by atoms with Gasteiger partial charge in [-0.25, -0.2) is 0 Å². The fraction of sp³-hybridized carbons (Fsp3) is 0.0500. The number of hydrogen-bond acceptors (Lipinski definition) is 8. The third kappa shape index (κ3) is 6.15. The van der Waals surface area contributed by atoms with Crippen LogP contribution in [-0.4, -0.2) is 50.3 Å². The fourth-order valence-corrected chi connectivity index (χ4v) is 6.27. The molecule has 0 heterocycles. The lowest BCUT2D eigenvalue weighted by atomic mass is 9.77. The molecule has 5 aromatic carbocycles. The second kappa shape index (κ2) is 13.8. The molecule has 0 bridgehead atoms. The number of carbonyl (C=O) groups is 8. The first-order chi connectivity index (χ1) is 23.2. The van der Waals surface area contributed by atoms with Gasteiger partial charge in [0.2, 0.25) is 0 Å². The summed E-state index contributed by atoms with van der Waals surface area (Å²) in [5.74, 6) is 0. The Morgan fingerprint density at radius 3 is 0.542 bits per heavy atom. The number of rotatable bonds is 12. The predicted octanol–water partition coefficient (Wildman–Crippen LogP) is 7.47. The van der Waals surface area contributed by atoms with Crippen LogP contribution in [0.15, 0.2) is 72.8 Å². The molecule has 0 aliphatic heterocycles. The van der Waals surface area contributed by atoms with E-state index in [1.807, 2.05) is 0 Å². The third-order valence-electron chi connectivity index (χ3n) is 8.15. The van der Waals surface area contributed by atoms with E-state index < -0.39 is 0 Å². The van der Waals surface area contributed by atoms with Crippen LogP contribution < -0.4 is 0 Å². The molecule has 0 aliphatic carbocycles. The number of aldehydes is 8. The lowest BCUT2D eigenvalue weighted by Crippen LogP contribution is -2.04. The Kier molecular flexibility index (Phi) is 9.47. The van der Waals surface area contributed by atoms with E-state index in [4.69, 9.17) is 0 Å². The molecule has 5 rings (SSSR count). The molecule has 234 valence electrons. The van der Waals surface area contributed by atoms with E-state index in [0.29, 0.717) is 106 Å². The molecule has 0 saturated heterocycles. The number of carbonyl (C=O) groups excluding carboxylic acids is 8. The van der Waals surface area contributed by atoms with Gasteiger partial charge >= 0.3 is 0 Å². The highest BCUT2D eigenvalue weighted by molar-refractivity contribution is 6.04. The SMILES string of the molecule is Cc1c(-c2cc(C=O)cc(C=O)c2)c(-c2cc(C=O)cc(C=O)c2)c(C)c(-c2cc(C=O)cc(C=O)c2)c1-c1cc(C=O)cc(C=O)c1. The Labute approximate surface area is 275 Å². The van der Waals surface area contributed by atoms with Gasteiger partial charge < -0.3 is 0 Å². The summed E-state index contributed by atoms with van der Waals surface area (Å²) in [4.78, 5) is 96.0. The summed E-state index contributed by atoms with van der Waals surface area (Å²) < 4.78 is 0. The van der Waals surface area contributed by atoms with Gasteiger partial charge in [0.05, 0.1) is 0 Å². The van der Waals surface area contributed by atoms with E-state index in [1.165, 1.54) is 24.3 Å². The van der Waals surface area contributed by atoms with Crippen LogP contribution in [0.1, 0.15) is 94.0 Å². The van der Waals surface area contributed by atoms with Crippen LogP contribution in [0.2, 0.25) is 0 Å². The van der Waals surface area contributed by atoms with Gasteiger partial charge in [0.1, 0.15) is 50.3 Å². The zero-order valence-electron chi connectivity index (χ0n) is 25.8. The molecule has 0 N–H and O–H groups in total. The lowest BCUT2D eigenvalue weighted by molar-refractivity contribution is 0.111. The molecule has 5 aromatic rings.